The Hall–Kier alpha value is -1.65. The van der Waals surface area contributed by atoms with Gasteiger partial charge in [-0.05, 0) is 30.4 Å². The third-order valence-electron chi connectivity index (χ3n) is 3.40. The normalized spacial score (nSPS) is 14.3. The molecule has 1 aliphatic carbocycles. The van der Waals surface area contributed by atoms with Gasteiger partial charge in [-0.1, -0.05) is 23.7 Å². The summed E-state index contributed by atoms with van der Waals surface area (Å²) in [6.07, 6.45) is 3.92. The highest BCUT2D eigenvalue weighted by Gasteiger charge is 2.28. The number of furan rings is 1. The molecule has 4 nitrogen and oxygen atoms in total. The van der Waals surface area contributed by atoms with E-state index >= 15 is 0 Å². The van der Waals surface area contributed by atoms with Crippen LogP contribution >= 0.6 is 11.6 Å². The standard InChI is InChI=1S/C15H17ClN2O2/c1-18(17)14-4-2-3-13(10-5-6-10)15(14)20-9-12-7-11(16)8-19-12/h2-4,7-8,10H,5-6,9,17H2,1H3. The fourth-order valence-corrected chi connectivity index (χ4v) is 2.43. The third kappa shape index (κ3) is 2.76. The predicted molar refractivity (Wildman–Crippen MR) is 79.1 cm³/mol. The molecule has 1 saturated carbocycles. The Labute approximate surface area is 123 Å². The molecule has 1 heterocycles. The molecule has 0 amide bonds. The second-order valence-electron chi connectivity index (χ2n) is 5.10. The lowest BCUT2D eigenvalue weighted by Gasteiger charge is -2.20. The molecule has 1 fully saturated rings. The van der Waals surface area contributed by atoms with Crippen molar-refractivity contribution >= 4 is 17.3 Å². The second-order valence-corrected chi connectivity index (χ2v) is 5.54. The largest absolute Gasteiger partial charge is 0.483 e. The van der Waals surface area contributed by atoms with Crippen molar-refractivity contribution in [1.29, 1.82) is 0 Å². The van der Waals surface area contributed by atoms with Gasteiger partial charge in [0.15, 0.2) is 0 Å². The average Bonchev–Trinajstić information content (AvgIpc) is 3.19. The van der Waals surface area contributed by atoms with Gasteiger partial charge in [0.2, 0.25) is 0 Å². The molecule has 0 aliphatic heterocycles. The zero-order valence-corrected chi connectivity index (χ0v) is 12.1. The number of hydrogen-bond donors (Lipinski definition) is 1. The lowest BCUT2D eigenvalue weighted by atomic mass is 10.1. The summed E-state index contributed by atoms with van der Waals surface area (Å²) >= 11 is 5.84. The van der Waals surface area contributed by atoms with Crippen molar-refractivity contribution in [3.8, 4) is 5.75 Å². The van der Waals surface area contributed by atoms with Crippen LogP contribution in [-0.2, 0) is 6.61 Å². The first-order valence-corrected chi connectivity index (χ1v) is 7.00. The molecule has 3 rings (SSSR count). The van der Waals surface area contributed by atoms with Crippen molar-refractivity contribution in [1.82, 2.24) is 0 Å². The highest BCUT2D eigenvalue weighted by molar-refractivity contribution is 6.30. The van der Waals surface area contributed by atoms with Crippen molar-refractivity contribution in [3.05, 3.63) is 46.9 Å². The summed E-state index contributed by atoms with van der Waals surface area (Å²) in [4.78, 5) is 0. The molecule has 0 unspecified atom stereocenters. The lowest BCUT2D eigenvalue weighted by molar-refractivity contribution is 0.268. The van der Waals surface area contributed by atoms with Gasteiger partial charge in [0.05, 0.1) is 10.7 Å². The minimum atomic E-state index is 0.345. The average molecular weight is 293 g/mol. The van der Waals surface area contributed by atoms with Crippen LogP contribution in [0.25, 0.3) is 0 Å². The number of para-hydroxylation sites is 1. The maximum Gasteiger partial charge on any atom is 0.148 e. The van der Waals surface area contributed by atoms with Gasteiger partial charge in [-0.25, -0.2) is 5.84 Å². The van der Waals surface area contributed by atoms with E-state index in [2.05, 4.69) is 6.07 Å². The van der Waals surface area contributed by atoms with Crippen LogP contribution in [0.3, 0.4) is 0 Å². The predicted octanol–water partition coefficient (Wildman–Crippen LogP) is 3.70. The lowest BCUT2D eigenvalue weighted by Crippen LogP contribution is -2.25. The molecule has 0 atom stereocenters. The molecule has 2 aromatic rings. The maximum atomic E-state index is 5.96. The van der Waals surface area contributed by atoms with E-state index < -0.39 is 0 Å². The van der Waals surface area contributed by atoms with Gasteiger partial charge >= 0.3 is 0 Å². The van der Waals surface area contributed by atoms with Crippen LogP contribution in [0.4, 0.5) is 5.69 Å². The van der Waals surface area contributed by atoms with Crippen LogP contribution in [0.1, 0.15) is 30.1 Å². The zero-order valence-electron chi connectivity index (χ0n) is 11.3. The number of hydrazine groups is 1. The van der Waals surface area contributed by atoms with Crippen LogP contribution in [0.5, 0.6) is 5.75 Å². The van der Waals surface area contributed by atoms with E-state index in [0.29, 0.717) is 23.3 Å². The first kappa shape index (κ1) is 13.3. The molecule has 0 bridgehead atoms. The molecule has 106 valence electrons. The summed E-state index contributed by atoms with van der Waals surface area (Å²) in [5.41, 5.74) is 2.10. The van der Waals surface area contributed by atoms with Gasteiger partial charge in [-0.15, -0.1) is 0 Å². The molecular formula is C15H17ClN2O2. The maximum absolute atomic E-state index is 5.96. The zero-order chi connectivity index (χ0) is 14.1. The molecule has 0 radical (unpaired) electrons. The fraction of sp³-hybridized carbons (Fsp3) is 0.333. The van der Waals surface area contributed by atoms with Crippen molar-refractivity contribution in [2.45, 2.75) is 25.4 Å². The summed E-state index contributed by atoms with van der Waals surface area (Å²) < 4.78 is 11.3. The smallest absolute Gasteiger partial charge is 0.148 e. The van der Waals surface area contributed by atoms with Crippen molar-refractivity contribution < 1.29 is 9.15 Å². The number of hydrogen-bond acceptors (Lipinski definition) is 4. The van der Waals surface area contributed by atoms with E-state index in [0.717, 1.165) is 11.4 Å². The summed E-state index contributed by atoms with van der Waals surface area (Å²) in [5.74, 6) is 8.01. The number of benzene rings is 1. The Morgan fingerprint density at radius 3 is 2.85 bits per heavy atom. The monoisotopic (exact) mass is 292 g/mol. The SMILES string of the molecule is CN(N)c1cccc(C2CC2)c1OCc1cc(Cl)co1. The van der Waals surface area contributed by atoms with Gasteiger partial charge in [0, 0.05) is 13.1 Å². The summed E-state index contributed by atoms with van der Waals surface area (Å²) in [7, 11) is 1.81. The van der Waals surface area contributed by atoms with Gasteiger partial charge in [-0.2, -0.15) is 0 Å². The first-order chi connectivity index (χ1) is 9.65. The quantitative estimate of drug-likeness (QED) is 0.674. The molecule has 1 aromatic carbocycles. The van der Waals surface area contributed by atoms with Crippen LogP contribution in [0.15, 0.2) is 34.9 Å². The van der Waals surface area contributed by atoms with Gasteiger partial charge < -0.3 is 14.2 Å². The Kier molecular flexibility index (Phi) is 3.59. The first-order valence-electron chi connectivity index (χ1n) is 6.62. The Morgan fingerprint density at radius 1 is 1.45 bits per heavy atom. The molecule has 0 saturated heterocycles. The molecule has 20 heavy (non-hydrogen) atoms. The Morgan fingerprint density at radius 2 is 2.25 bits per heavy atom. The van der Waals surface area contributed by atoms with Crippen LogP contribution in [0.2, 0.25) is 5.02 Å². The van der Waals surface area contributed by atoms with Gasteiger partial charge in [0.1, 0.15) is 24.4 Å². The van der Waals surface area contributed by atoms with E-state index in [1.165, 1.54) is 24.7 Å². The van der Waals surface area contributed by atoms with Crippen LogP contribution in [-0.4, -0.2) is 7.05 Å². The Bertz CT molecular complexity index is 585. The van der Waals surface area contributed by atoms with E-state index in [-0.39, 0.29) is 0 Å². The summed E-state index contributed by atoms with van der Waals surface area (Å²) in [6, 6.07) is 7.83. The van der Waals surface area contributed by atoms with Gasteiger partial charge in [0.25, 0.3) is 0 Å². The molecule has 1 aliphatic rings. The van der Waals surface area contributed by atoms with E-state index in [1.807, 2.05) is 19.2 Å². The second kappa shape index (κ2) is 5.38. The molecule has 1 aromatic heterocycles. The van der Waals surface area contributed by atoms with E-state index in [9.17, 15) is 0 Å². The topological polar surface area (TPSA) is 51.6 Å². The fourth-order valence-electron chi connectivity index (χ4n) is 2.27. The number of rotatable bonds is 5. The highest BCUT2D eigenvalue weighted by atomic mass is 35.5. The van der Waals surface area contributed by atoms with Crippen molar-refractivity contribution in [2.24, 2.45) is 5.84 Å². The van der Waals surface area contributed by atoms with Crippen LogP contribution < -0.4 is 15.6 Å². The molecular weight excluding hydrogens is 276 g/mol. The minimum Gasteiger partial charge on any atom is -0.483 e. The number of ether oxygens (including phenoxy) is 1. The van der Waals surface area contributed by atoms with E-state index in [1.54, 1.807) is 11.1 Å². The number of halogens is 1. The summed E-state index contributed by atoms with van der Waals surface area (Å²) in [5, 5.41) is 2.16. The van der Waals surface area contributed by atoms with Gasteiger partial charge in [-0.3, -0.25) is 0 Å². The summed E-state index contributed by atoms with van der Waals surface area (Å²) in [6.45, 7) is 0.345. The molecule has 0 spiro atoms. The molecule has 2 N–H and O–H groups in total. The van der Waals surface area contributed by atoms with Crippen LogP contribution in [0, 0.1) is 0 Å². The van der Waals surface area contributed by atoms with Crippen molar-refractivity contribution in [2.75, 3.05) is 12.1 Å². The number of anilines is 1. The number of nitrogens with zero attached hydrogens (tertiary/aromatic N) is 1. The molecule has 5 heteroatoms. The van der Waals surface area contributed by atoms with E-state index in [4.69, 9.17) is 26.6 Å². The highest BCUT2D eigenvalue weighted by Crippen LogP contribution is 2.47. The number of nitrogens with two attached hydrogens (primary N) is 1. The Balaban J connectivity index is 1.86. The minimum absolute atomic E-state index is 0.345. The third-order valence-corrected chi connectivity index (χ3v) is 3.60. The van der Waals surface area contributed by atoms with Crippen molar-refractivity contribution in [3.63, 3.8) is 0 Å².